The maximum atomic E-state index is 12.1. The van der Waals surface area contributed by atoms with Gasteiger partial charge < -0.3 is 10.6 Å². The Morgan fingerprint density at radius 3 is 2.79 bits per heavy atom. The van der Waals surface area contributed by atoms with E-state index in [-0.39, 0.29) is 5.91 Å². The molecule has 1 heterocycles. The van der Waals surface area contributed by atoms with E-state index in [9.17, 15) is 4.79 Å². The van der Waals surface area contributed by atoms with Crippen molar-refractivity contribution in [1.82, 2.24) is 0 Å². The summed E-state index contributed by atoms with van der Waals surface area (Å²) in [7, 11) is 0. The van der Waals surface area contributed by atoms with Gasteiger partial charge in [0.15, 0.2) is 0 Å². The molecule has 0 aliphatic heterocycles. The number of hydrogen-bond donors (Lipinski definition) is 2. The lowest BCUT2D eigenvalue weighted by Crippen LogP contribution is -2.12. The summed E-state index contributed by atoms with van der Waals surface area (Å²) in [5.74, 6) is -0.0662. The zero-order valence-electron chi connectivity index (χ0n) is 11.2. The lowest BCUT2D eigenvalue weighted by atomic mass is 10.1. The Labute approximate surface area is 117 Å². The number of aryl methyl sites for hydroxylation is 1. The molecule has 4 heteroatoms. The van der Waals surface area contributed by atoms with Crippen LogP contribution in [0.15, 0.2) is 35.0 Å². The number of benzene rings is 1. The minimum Gasteiger partial charge on any atom is -0.385 e. The first-order chi connectivity index (χ1) is 9.20. The monoisotopic (exact) mass is 274 g/mol. The van der Waals surface area contributed by atoms with E-state index in [0.29, 0.717) is 5.56 Å². The van der Waals surface area contributed by atoms with Gasteiger partial charge in [-0.2, -0.15) is 11.3 Å². The summed E-state index contributed by atoms with van der Waals surface area (Å²) in [6, 6.07) is 7.63. The number of amides is 1. The van der Waals surface area contributed by atoms with Crippen LogP contribution in [0.1, 0.15) is 29.3 Å². The van der Waals surface area contributed by atoms with Gasteiger partial charge >= 0.3 is 0 Å². The second-order valence-corrected chi connectivity index (χ2v) is 5.20. The SMILES string of the molecule is CCCNc1ccc(C(=O)Nc2ccsc2)cc1C. The number of nitrogens with one attached hydrogen (secondary N) is 2. The highest BCUT2D eigenvalue weighted by atomic mass is 32.1. The van der Waals surface area contributed by atoms with Crippen LogP contribution in [-0.2, 0) is 0 Å². The number of thiophene rings is 1. The molecule has 2 N–H and O–H groups in total. The molecule has 1 amide bonds. The smallest absolute Gasteiger partial charge is 0.255 e. The van der Waals surface area contributed by atoms with Gasteiger partial charge in [0, 0.05) is 23.2 Å². The fraction of sp³-hybridized carbons (Fsp3) is 0.267. The van der Waals surface area contributed by atoms with E-state index in [4.69, 9.17) is 0 Å². The molecule has 19 heavy (non-hydrogen) atoms. The summed E-state index contributed by atoms with van der Waals surface area (Å²) in [6.07, 6.45) is 1.08. The fourth-order valence-electron chi connectivity index (χ4n) is 1.80. The summed E-state index contributed by atoms with van der Waals surface area (Å²) in [5.41, 5.74) is 3.71. The van der Waals surface area contributed by atoms with Gasteiger partial charge in [0.1, 0.15) is 0 Å². The number of hydrogen-bond acceptors (Lipinski definition) is 3. The highest BCUT2D eigenvalue weighted by Crippen LogP contribution is 2.18. The quantitative estimate of drug-likeness (QED) is 0.860. The van der Waals surface area contributed by atoms with Crippen molar-refractivity contribution < 1.29 is 4.79 Å². The molecule has 0 saturated carbocycles. The molecular weight excluding hydrogens is 256 g/mol. The second kappa shape index (κ2) is 6.38. The minimum absolute atomic E-state index is 0.0662. The van der Waals surface area contributed by atoms with Gasteiger partial charge in [-0.05, 0) is 48.6 Å². The minimum atomic E-state index is -0.0662. The lowest BCUT2D eigenvalue weighted by molar-refractivity contribution is 0.102. The summed E-state index contributed by atoms with van der Waals surface area (Å²) in [4.78, 5) is 12.1. The van der Waals surface area contributed by atoms with Crippen LogP contribution in [0.5, 0.6) is 0 Å². The Morgan fingerprint density at radius 1 is 1.32 bits per heavy atom. The Kier molecular flexibility index (Phi) is 4.58. The van der Waals surface area contributed by atoms with Crippen molar-refractivity contribution in [3.05, 3.63) is 46.2 Å². The predicted octanol–water partition coefficient (Wildman–Crippen LogP) is 4.13. The Balaban J connectivity index is 2.08. The number of rotatable bonds is 5. The first-order valence-electron chi connectivity index (χ1n) is 6.38. The molecule has 1 aromatic carbocycles. The molecule has 0 atom stereocenters. The van der Waals surface area contributed by atoms with Gasteiger partial charge in [0.2, 0.25) is 0 Å². The summed E-state index contributed by atoms with van der Waals surface area (Å²) in [6.45, 7) is 5.09. The maximum absolute atomic E-state index is 12.1. The van der Waals surface area contributed by atoms with Crippen molar-refractivity contribution in [3.8, 4) is 0 Å². The van der Waals surface area contributed by atoms with Crippen LogP contribution in [0.3, 0.4) is 0 Å². The van der Waals surface area contributed by atoms with E-state index in [0.717, 1.165) is 29.9 Å². The zero-order chi connectivity index (χ0) is 13.7. The van der Waals surface area contributed by atoms with E-state index < -0.39 is 0 Å². The summed E-state index contributed by atoms with van der Waals surface area (Å²) in [5, 5.41) is 10.1. The number of carbonyl (C=O) groups is 1. The molecule has 0 radical (unpaired) electrons. The third kappa shape index (κ3) is 3.58. The predicted molar refractivity (Wildman–Crippen MR) is 82.2 cm³/mol. The van der Waals surface area contributed by atoms with E-state index in [1.807, 2.05) is 41.9 Å². The Morgan fingerprint density at radius 2 is 2.16 bits per heavy atom. The molecule has 0 aliphatic carbocycles. The van der Waals surface area contributed by atoms with Gasteiger partial charge in [-0.1, -0.05) is 6.92 Å². The summed E-state index contributed by atoms with van der Waals surface area (Å²) >= 11 is 1.57. The molecule has 100 valence electrons. The van der Waals surface area contributed by atoms with E-state index >= 15 is 0 Å². The molecule has 0 spiro atoms. The van der Waals surface area contributed by atoms with Crippen LogP contribution < -0.4 is 10.6 Å². The average Bonchev–Trinajstić information content (AvgIpc) is 2.90. The first-order valence-corrected chi connectivity index (χ1v) is 7.33. The molecule has 2 aromatic rings. The van der Waals surface area contributed by atoms with Crippen molar-refractivity contribution in [2.45, 2.75) is 20.3 Å². The summed E-state index contributed by atoms with van der Waals surface area (Å²) < 4.78 is 0. The normalized spacial score (nSPS) is 10.2. The first kappa shape index (κ1) is 13.6. The third-order valence-electron chi connectivity index (χ3n) is 2.83. The Hall–Kier alpha value is -1.81. The van der Waals surface area contributed by atoms with Crippen LogP contribution in [0.4, 0.5) is 11.4 Å². The van der Waals surface area contributed by atoms with Crippen LogP contribution in [0.2, 0.25) is 0 Å². The van der Waals surface area contributed by atoms with E-state index in [1.54, 1.807) is 11.3 Å². The number of anilines is 2. The lowest BCUT2D eigenvalue weighted by Gasteiger charge is -2.10. The largest absolute Gasteiger partial charge is 0.385 e. The molecule has 1 aromatic heterocycles. The van der Waals surface area contributed by atoms with Gasteiger partial charge in [0.25, 0.3) is 5.91 Å². The molecule has 0 saturated heterocycles. The van der Waals surface area contributed by atoms with Crippen molar-refractivity contribution in [3.63, 3.8) is 0 Å². The Bertz CT molecular complexity index is 549. The van der Waals surface area contributed by atoms with E-state index in [2.05, 4.69) is 17.6 Å². The third-order valence-corrected chi connectivity index (χ3v) is 3.52. The average molecular weight is 274 g/mol. The van der Waals surface area contributed by atoms with Crippen molar-refractivity contribution in [2.24, 2.45) is 0 Å². The van der Waals surface area contributed by atoms with Gasteiger partial charge in [-0.15, -0.1) is 0 Å². The van der Waals surface area contributed by atoms with Gasteiger partial charge in [-0.3, -0.25) is 4.79 Å². The van der Waals surface area contributed by atoms with Crippen molar-refractivity contribution in [1.29, 1.82) is 0 Å². The van der Waals surface area contributed by atoms with Crippen molar-refractivity contribution >= 4 is 28.6 Å². The zero-order valence-corrected chi connectivity index (χ0v) is 12.0. The van der Waals surface area contributed by atoms with Crippen LogP contribution in [0.25, 0.3) is 0 Å². The van der Waals surface area contributed by atoms with Crippen molar-refractivity contribution in [2.75, 3.05) is 17.2 Å². The molecular formula is C15H18N2OS. The highest BCUT2D eigenvalue weighted by Gasteiger charge is 2.08. The molecule has 3 nitrogen and oxygen atoms in total. The van der Waals surface area contributed by atoms with Gasteiger partial charge in [0.05, 0.1) is 5.69 Å². The second-order valence-electron chi connectivity index (χ2n) is 4.42. The van der Waals surface area contributed by atoms with Crippen LogP contribution in [0, 0.1) is 6.92 Å². The molecule has 0 bridgehead atoms. The van der Waals surface area contributed by atoms with E-state index in [1.165, 1.54) is 0 Å². The standard InChI is InChI=1S/C15H18N2OS/c1-3-7-16-14-5-4-12(9-11(14)2)15(18)17-13-6-8-19-10-13/h4-6,8-10,16H,3,7H2,1-2H3,(H,17,18). The molecule has 0 aliphatic rings. The highest BCUT2D eigenvalue weighted by molar-refractivity contribution is 7.08. The molecule has 2 rings (SSSR count). The molecule has 0 unspecified atom stereocenters. The molecule has 0 fully saturated rings. The number of carbonyl (C=O) groups excluding carboxylic acids is 1. The van der Waals surface area contributed by atoms with Gasteiger partial charge in [-0.25, -0.2) is 0 Å². The van der Waals surface area contributed by atoms with Crippen LogP contribution >= 0.6 is 11.3 Å². The maximum Gasteiger partial charge on any atom is 0.255 e. The fourth-order valence-corrected chi connectivity index (χ4v) is 2.39. The van der Waals surface area contributed by atoms with Crippen LogP contribution in [-0.4, -0.2) is 12.5 Å². The topological polar surface area (TPSA) is 41.1 Å².